The third kappa shape index (κ3) is 9.48. The van der Waals surface area contributed by atoms with Gasteiger partial charge in [-0.3, -0.25) is 4.57 Å². The zero-order chi connectivity index (χ0) is 27.5. The summed E-state index contributed by atoms with van der Waals surface area (Å²) in [5, 5.41) is 17.0. The van der Waals surface area contributed by atoms with E-state index in [1.54, 1.807) is 26.0 Å². The molecule has 0 bridgehead atoms. The molecule has 2 saturated heterocycles. The molecule has 2 fully saturated rings. The highest BCUT2D eigenvalue weighted by Gasteiger charge is 2.44. The second-order valence-corrected chi connectivity index (χ2v) is 11.9. The summed E-state index contributed by atoms with van der Waals surface area (Å²) in [6, 6.07) is 6.56. The maximum absolute atomic E-state index is 12.8. The lowest BCUT2D eigenvalue weighted by Crippen LogP contribution is -2.50. The first-order valence-corrected chi connectivity index (χ1v) is 15.1. The number of amides is 1. The normalized spacial score (nSPS) is 22.7. The number of hydrogen-bond acceptors (Lipinski definition) is 10. The molecule has 0 spiro atoms. The predicted molar refractivity (Wildman–Crippen MR) is 141 cm³/mol. The molecule has 1 aromatic rings. The van der Waals surface area contributed by atoms with Crippen LogP contribution in [0.4, 0.5) is 4.79 Å². The maximum atomic E-state index is 12.8. The SMILES string of the molecule is CCOP(=O)(COc1ccc(C[C@H](NC(=O)O[C@H]2CO[C@H]3OCC[C@H]32)[C@H](O)CNCC(C)C)cc1)OCC. The second kappa shape index (κ2) is 15.2. The number of rotatable bonds is 16. The summed E-state index contributed by atoms with van der Waals surface area (Å²) in [5.41, 5.74) is 0.872. The van der Waals surface area contributed by atoms with E-state index in [9.17, 15) is 14.5 Å². The van der Waals surface area contributed by atoms with Crippen LogP contribution < -0.4 is 15.4 Å². The molecule has 2 aliphatic heterocycles. The van der Waals surface area contributed by atoms with Crippen LogP contribution in [0.3, 0.4) is 0 Å². The highest BCUT2D eigenvalue weighted by Crippen LogP contribution is 2.47. The van der Waals surface area contributed by atoms with E-state index in [0.717, 1.165) is 18.5 Å². The second-order valence-electron chi connectivity index (χ2n) is 9.91. The average Bonchev–Trinajstić information content (AvgIpc) is 3.48. The van der Waals surface area contributed by atoms with Gasteiger partial charge in [0.1, 0.15) is 11.9 Å². The van der Waals surface area contributed by atoms with Crippen molar-refractivity contribution >= 4 is 13.7 Å². The lowest BCUT2D eigenvalue weighted by atomic mass is 10.0. The number of ether oxygens (including phenoxy) is 4. The van der Waals surface area contributed by atoms with Gasteiger partial charge in [-0.25, -0.2) is 4.79 Å². The van der Waals surface area contributed by atoms with Gasteiger partial charge >= 0.3 is 13.7 Å². The number of hydrogen-bond donors (Lipinski definition) is 3. The number of fused-ring (bicyclic) bond motifs is 1. The fourth-order valence-corrected chi connectivity index (χ4v) is 5.77. The fraction of sp³-hybridized carbons (Fsp3) is 0.731. The van der Waals surface area contributed by atoms with Gasteiger partial charge in [-0.1, -0.05) is 26.0 Å². The molecule has 3 rings (SSSR count). The molecule has 0 saturated carbocycles. The zero-order valence-corrected chi connectivity index (χ0v) is 23.7. The monoisotopic (exact) mass is 558 g/mol. The van der Waals surface area contributed by atoms with Crippen molar-refractivity contribution in [2.45, 2.75) is 65.1 Å². The Morgan fingerprint density at radius 3 is 2.50 bits per heavy atom. The molecule has 1 amide bonds. The van der Waals surface area contributed by atoms with Crippen LogP contribution in [-0.4, -0.2) is 81.6 Å². The van der Waals surface area contributed by atoms with Crippen LogP contribution in [-0.2, 0) is 34.2 Å². The number of benzene rings is 1. The van der Waals surface area contributed by atoms with E-state index in [1.807, 2.05) is 12.1 Å². The number of alkyl carbamates (subject to hydrolysis) is 1. The average molecular weight is 559 g/mol. The molecule has 3 N–H and O–H groups in total. The summed E-state index contributed by atoms with van der Waals surface area (Å²) >= 11 is 0. The molecular formula is C26H43N2O9P. The molecule has 2 aliphatic rings. The molecule has 0 radical (unpaired) electrons. The third-order valence-corrected chi connectivity index (χ3v) is 8.09. The highest BCUT2D eigenvalue weighted by molar-refractivity contribution is 7.53. The minimum atomic E-state index is -3.33. The molecule has 2 heterocycles. The van der Waals surface area contributed by atoms with Crippen molar-refractivity contribution in [3.8, 4) is 5.75 Å². The van der Waals surface area contributed by atoms with Gasteiger partial charge in [0.05, 0.1) is 44.5 Å². The van der Waals surface area contributed by atoms with Crippen LogP contribution in [0, 0.1) is 11.8 Å². The maximum Gasteiger partial charge on any atom is 0.407 e. The van der Waals surface area contributed by atoms with Crippen molar-refractivity contribution in [2.24, 2.45) is 11.8 Å². The number of aliphatic hydroxyl groups excluding tert-OH is 1. The summed E-state index contributed by atoms with van der Waals surface area (Å²) < 4.78 is 45.5. The van der Waals surface area contributed by atoms with Crippen molar-refractivity contribution in [1.29, 1.82) is 0 Å². The van der Waals surface area contributed by atoms with Gasteiger partial charge in [0.15, 0.2) is 12.6 Å². The van der Waals surface area contributed by atoms with Crippen LogP contribution in [0.15, 0.2) is 24.3 Å². The number of carbonyl (C=O) groups is 1. The summed E-state index contributed by atoms with van der Waals surface area (Å²) in [7, 11) is -3.33. The molecule has 38 heavy (non-hydrogen) atoms. The molecule has 5 atom stereocenters. The van der Waals surface area contributed by atoms with E-state index in [4.69, 9.17) is 28.0 Å². The van der Waals surface area contributed by atoms with Gasteiger partial charge in [-0.15, -0.1) is 0 Å². The minimum absolute atomic E-state index is 0.0325. The van der Waals surface area contributed by atoms with Gasteiger partial charge < -0.3 is 43.7 Å². The molecular weight excluding hydrogens is 515 g/mol. The van der Waals surface area contributed by atoms with Crippen LogP contribution in [0.2, 0.25) is 0 Å². The summed E-state index contributed by atoms with van der Waals surface area (Å²) in [4.78, 5) is 12.8. The minimum Gasteiger partial charge on any atom is -0.481 e. The van der Waals surface area contributed by atoms with Gasteiger partial charge in [-0.2, -0.15) is 0 Å². The number of nitrogens with one attached hydrogen (secondary N) is 2. The highest BCUT2D eigenvalue weighted by atomic mass is 31.2. The molecule has 0 aromatic heterocycles. The lowest BCUT2D eigenvalue weighted by Gasteiger charge is -2.26. The third-order valence-electron chi connectivity index (χ3n) is 6.34. The van der Waals surface area contributed by atoms with Gasteiger partial charge in [-0.05, 0) is 56.8 Å². The fourth-order valence-electron chi connectivity index (χ4n) is 4.45. The molecule has 216 valence electrons. The van der Waals surface area contributed by atoms with E-state index in [-0.39, 0.29) is 37.9 Å². The van der Waals surface area contributed by atoms with Crippen molar-refractivity contribution in [2.75, 3.05) is 45.9 Å². The van der Waals surface area contributed by atoms with Crippen LogP contribution in [0.1, 0.15) is 39.7 Å². The van der Waals surface area contributed by atoms with Crippen molar-refractivity contribution in [1.82, 2.24) is 10.6 Å². The van der Waals surface area contributed by atoms with E-state index >= 15 is 0 Å². The Morgan fingerprint density at radius 1 is 1.13 bits per heavy atom. The van der Waals surface area contributed by atoms with Crippen LogP contribution >= 0.6 is 7.60 Å². The van der Waals surface area contributed by atoms with Gasteiger partial charge in [0, 0.05) is 6.54 Å². The van der Waals surface area contributed by atoms with Crippen molar-refractivity contribution in [3.63, 3.8) is 0 Å². The smallest absolute Gasteiger partial charge is 0.407 e. The van der Waals surface area contributed by atoms with Gasteiger partial charge in [0.2, 0.25) is 0 Å². The summed E-state index contributed by atoms with van der Waals surface area (Å²) in [5.74, 6) is 0.965. The standard InChI is InChI=1S/C26H43N2O9P/c1-5-35-38(31,36-6-2)17-34-20-9-7-19(8-10-20)13-22(23(29)15-27-14-18(3)4)28-26(30)37-24-16-33-25-21(24)11-12-32-25/h7-10,18,21-25,27,29H,5-6,11-17H2,1-4H3,(H,28,30)/t21-,22-,23+,24-,25+/m0/s1. The Morgan fingerprint density at radius 2 is 1.84 bits per heavy atom. The van der Waals surface area contributed by atoms with E-state index in [2.05, 4.69) is 24.5 Å². The first-order chi connectivity index (χ1) is 18.2. The van der Waals surface area contributed by atoms with E-state index in [1.165, 1.54) is 0 Å². The van der Waals surface area contributed by atoms with Crippen LogP contribution in [0.25, 0.3) is 0 Å². The Bertz CT molecular complexity index is 891. The predicted octanol–water partition coefficient (Wildman–Crippen LogP) is 3.29. The van der Waals surface area contributed by atoms with Crippen molar-refractivity contribution < 1.29 is 42.5 Å². The Kier molecular flexibility index (Phi) is 12.3. The quantitative estimate of drug-likeness (QED) is 0.260. The molecule has 0 unspecified atom stereocenters. The van der Waals surface area contributed by atoms with Gasteiger partial charge in [0.25, 0.3) is 0 Å². The first-order valence-electron chi connectivity index (χ1n) is 13.4. The van der Waals surface area contributed by atoms with E-state index < -0.39 is 25.8 Å². The lowest BCUT2D eigenvalue weighted by molar-refractivity contribution is -0.0907. The zero-order valence-electron chi connectivity index (χ0n) is 22.8. The van der Waals surface area contributed by atoms with Crippen molar-refractivity contribution in [3.05, 3.63) is 29.8 Å². The van der Waals surface area contributed by atoms with Crippen LogP contribution in [0.5, 0.6) is 5.75 Å². The summed E-state index contributed by atoms with van der Waals surface area (Å²) in [6.07, 6.45) is -1.17. The Labute approximate surface area is 225 Å². The molecule has 1 aromatic carbocycles. The number of aliphatic hydroxyl groups is 1. The number of carbonyl (C=O) groups excluding carboxylic acids is 1. The molecule has 11 nitrogen and oxygen atoms in total. The Balaban J connectivity index is 1.59. The molecule has 0 aliphatic carbocycles. The summed E-state index contributed by atoms with van der Waals surface area (Å²) in [6.45, 7) is 10.1. The van der Waals surface area contributed by atoms with E-state index in [0.29, 0.717) is 37.8 Å². The Hall–Kier alpha value is -1.72. The topological polar surface area (TPSA) is 134 Å². The first kappa shape index (κ1) is 30.8. The largest absolute Gasteiger partial charge is 0.481 e. The molecule has 12 heteroatoms.